The quantitative estimate of drug-likeness (QED) is 0.464. The molecule has 0 saturated carbocycles. The van der Waals surface area contributed by atoms with Crippen LogP contribution in [0.1, 0.15) is 6.42 Å². The summed E-state index contributed by atoms with van der Waals surface area (Å²) in [6, 6.07) is 7.61. The summed E-state index contributed by atoms with van der Waals surface area (Å²) in [6.07, 6.45) is 2.58. The average Bonchev–Trinajstić information content (AvgIpc) is 3.27. The minimum Gasteiger partial charge on any atom is -0.482 e. The van der Waals surface area contributed by atoms with E-state index in [0.29, 0.717) is 19.0 Å². The molecule has 2 aliphatic heterocycles. The number of nitrogens with zero attached hydrogens (tertiary/aromatic N) is 5. The molecule has 148 valence electrons. The lowest BCUT2D eigenvalue weighted by atomic mass is 10.2. The first-order chi connectivity index (χ1) is 13.7. The molecule has 0 unspecified atom stereocenters. The number of fused-ring (bicyclic) bond motifs is 1. The highest BCUT2D eigenvalue weighted by atomic mass is 32.1. The van der Waals surface area contributed by atoms with Crippen LogP contribution < -0.4 is 20.3 Å². The summed E-state index contributed by atoms with van der Waals surface area (Å²) in [5, 5.41) is 3.06. The third-order valence-corrected chi connectivity index (χ3v) is 5.75. The van der Waals surface area contributed by atoms with Gasteiger partial charge in [-0.25, -0.2) is 4.98 Å². The van der Waals surface area contributed by atoms with Crippen molar-refractivity contribution in [2.45, 2.75) is 6.42 Å². The second-order valence-corrected chi connectivity index (χ2v) is 7.56. The van der Waals surface area contributed by atoms with Crippen LogP contribution in [-0.4, -0.2) is 67.6 Å². The predicted molar refractivity (Wildman–Crippen MR) is 111 cm³/mol. The van der Waals surface area contributed by atoms with Gasteiger partial charge in [-0.3, -0.25) is 9.79 Å². The second kappa shape index (κ2) is 8.47. The van der Waals surface area contributed by atoms with Crippen molar-refractivity contribution in [1.29, 1.82) is 0 Å². The number of para-hydroxylation sites is 2. The van der Waals surface area contributed by atoms with Crippen molar-refractivity contribution in [1.82, 2.24) is 9.88 Å². The maximum absolute atomic E-state index is 12.2. The standard InChI is InChI=1S/C19H24N6O2S/c20-18(23-9-11-24(12-10-23)19-22-7-13-28-19)21-6-3-8-25-15-4-1-2-5-16(15)27-14-17(25)26/h1-2,4-5,7,13H,3,6,8-12,14H2,(H2,20,21). The molecule has 1 aromatic heterocycles. The maximum Gasteiger partial charge on any atom is 0.265 e. The summed E-state index contributed by atoms with van der Waals surface area (Å²) < 4.78 is 5.47. The summed E-state index contributed by atoms with van der Waals surface area (Å²) >= 11 is 1.66. The van der Waals surface area contributed by atoms with Crippen LogP contribution in [0.3, 0.4) is 0 Å². The van der Waals surface area contributed by atoms with Gasteiger partial charge < -0.3 is 25.2 Å². The van der Waals surface area contributed by atoms with E-state index in [1.165, 1.54) is 0 Å². The van der Waals surface area contributed by atoms with Crippen LogP contribution in [-0.2, 0) is 4.79 Å². The van der Waals surface area contributed by atoms with Crippen LogP contribution in [0, 0.1) is 0 Å². The number of aromatic nitrogens is 1. The third-order valence-electron chi connectivity index (χ3n) is 4.92. The Hall–Kier alpha value is -2.81. The van der Waals surface area contributed by atoms with E-state index in [4.69, 9.17) is 10.5 Å². The number of carbonyl (C=O) groups is 1. The van der Waals surface area contributed by atoms with E-state index in [1.54, 1.807) is 16.2 Å². The van der Waals surface area contributed by atoms with Crippen LogP contribution in [0.25, 0.3) is 0 Å². The van der Waals surface area contributed by atoms with E-state index in [2.05, 4.69) is 19.8 Å². The zero-order valence-electron chi connectivity index (χ0n) is 15.7. The highest BCUT2D eigenvalue weighted by molar-refractivity contribution is 7.13. The Morgan fingerprint density at radius 2 is 2.07 bits per heavy atom. The van der Waals surface area contributed by atoms with Gasteiger partial charge in [-0.15, -0.1) is 11.3 Å². The van der Waals surface area contributed by atoms with E-state index < -0.39 is 0 Å². The Balaban J connectivity index is 1.26. The van der Waals surface area contributed by atoms with E-state index >= 15 is 0 Å². The molecule has 2 aromatic rings. The van der Waals surface area contributed by atoms with Crippen molar-refractivity contribution in [2.24, 2.45) is 10.7 Å². The van der Waals surface area contributed by atoms with E-state index in [1.807, 2.05) is 35.8 Å². The van der Waals surface area contributed by atoms with Gasteiger partial charge in [0.1, 0.15) is 5.75 Å². The summed E-state index contributed by atoms with van der Waals surface area (Å²) in [5.74, 6) is 1.31. The molecule has 0 bridgehead atoms. The van der Waals surface area contributed by atoms with Gasteiger partial charge in [-0.05, 0) is 18.6 Å². The fourth-order valence-electron chi connectivity index (χ4n) is 3.42. The molecule has 0 spiro atoms. The monoisotopic (exact) mass is 400 g/mol. The molecule has 0 radical (unpaired) electrons. The molecule has 0 atom stereocenters. The predicted octanol–water partition coefficient (Wildman–Crippen LogP) is 1.40. The van der Waals surface area contributed by atoms with Crippen LogP contribution in [0.2, 0.25) is 0 Å². The Bertz CT molecular complexity index is 833. The molecule has 0 aliphatic carbocycles. The third kappa shape index (κ3) is 4.04. The second-order valence-electron chi connectivity index (χ2n) is 6.68. The minimum absolute atomic E-state index is 0.0195. The van der Waals surface area contributed by atoms with Crippen molar-refractivity contribution < 1.29 is 9.53 Å². The SMILES string of the molecule is NC(=NCCCN1C(=O)COc2ccccc21)N1CCN(c2nccs2)CC1. The van der Waals surface area contributed by atoms with Crippen molar-refractivity contribution in [3.8, 4) is 5.75 Å². The first kappa shape index (κ1) is 18.5. The highest BCUT2D eigenvalue weighted by Crippen LogP contribution is 2.31. The fraction of sp³-hybridized carbons (Fsp3) is 0.421. The summed E-state index contributed by atoms with van der Waals surface area (Å²) in [7, 11) is 0. The molecule has 1 aromatic carbocycles. The normalized spacial score (nSPS) is 17.5. The first-order valence-corrected chi connectivity index (χ1v) is 10.3. The molecule has 1 saturated heterocycles. The van der Waals surface area contributed by atoms with Gasteiger partial charge >= 0.3 is 0 Å². The van der Waals surface area contributed by atoms with Crippen molar-refractivity contribution in [3.63, 3.8) is 0 Å². The van der Waals surface area contributed by atoms with Crippen molar-refractivity contribution in [3.05, 3.63) is 35.8 Å². The van der Waals surface area contributed by atoms with E-state index in [0.717, 1.165) is 49.2 Å². The Morgan fingerprint density at radius 3 is 2.86 bits per heavy atom. The number of benzene rings is 1. The van der Waals surface area contributed by atoms with Crippen LogP contribution in [0.4, 0.5) is 10.8 Å². The largest absolute Gasteiger partial charge is 0.482 e. The minimum atomic E-state index is -0.0195. The Kier molecular flexibility index (Phi) is 5.61. The smallest absolute Gasteiger partial charge is 0.265 e. The van der Waals surface area contributed by atoms with E-state index in [-0.39, 0.29) is 12.5 Å². The number of hydrogen-bond acceptors (Lipinski definition) is 6. The van der Waals surface area contributed by atoms with Gasteiger partial charge in [-0.2, -0.15) is 0 Å². The van der Waals surface area contributed by atoms with Crippen molar-refractivity contribution in [2.75, 3.05) is 55.7 Å². The number of aliphatic imine (C=N–C) groups is 1. The lowest BCUT2D eigenvalue weighted by Gasteiger charge is -2.35. The van der Waals surface area contributed by atoms with Gasteiger partial charge in [0, 0.05) is 50.8 Å². The lowest BCUT2D eigenvalue weighted by Crippen LogP contribution is -2.51. The zero-order valence-corrected chi connectivity index (χ0v) is 16.5. The molecular weight excluding hydrogens is 376 g/mol. The van der Waals surface area contributed by atoms with Crippen LogP contribution in [0.5, 0.6) is 5.75 Å². The number of rotatable bonds is 5. The fourth-order valence-corrected chi connectivity index (χ4v) is 4.12. The number of piperazine rings is 1. The molecule has 4 rings (SSSR count). The van der Waals surface area contributed by atoms with Gasteiger partial charge in [0.05, 0.1) is 5.69 Å². The number of anilines is 2. The first-order valence-electron chi connectivity index (χ1n) is 9.44. The van der Waals surface area contributed by atoms with Gasteiger partial charge in [-0.1, -0.05) is 12.1 Å². The van der Waals surface area contributed by atoms with Crippen LogP contribution in [0.15, 0.2) is 40.8 Å². The molecule has 2 aliphatic rings. The number of nitrogens with two attached hydrogens (primary N) is 1. The van der Waals surface area contributed by atoms with Gasteiger partial charge in [0.2, 0.25) is 0 Å². The molecule has 28 heavy (non-hydrogen) atoms. The molecule has 8 nitrogen and oxygen atoms in total. The highest BCUT2D eigenvalue weighted by Gasteiger charge is 2.24. The number of carbonyl (C=O) groups excluding carboxylic acids is 1. The number of guanidine groups is 1. The van der Waals surface area contributed by atoms with E-state index in [9.17, 15) is 4.79 Å². The number of amides is 1. The number of thiazole rings is 1. The molecule has 1 fully saturated rings. The molecule has 2 N–H and O–H groups in total. The lowest BCUT2D eigenvalue weighted by molar-refractivity contribution is -0.121. The maximum atomic E-state index is 12.2. The number of hydrogen-bond donors (Lipinski definition) is 1. The Morgan fingerprint density at radius 1 is 1.25 bits per heavy atom. The van der Waals surface area contributed by atoms with Crippen LogP contribution >= 0.6 is 11.3 Å². The topological polar surface area (TPSA) is 87.3 Å². The summed E-state index contributed by atoms with van der Waals surface area (Å²) in [6.45, 7) is 4.74. The van der Waals surface area contributed by atoms with Gasteiger partial charge in [0.15, 0.2) is 17.7 Å². The summed E-state index contributed by atoms with van der Waals surface area (Å²) in [4.78, 5) is 27.2. The molecule has 9 heteroatoms. The summed E-state index contributed by atoms with van der Waals surface area (Å²) in [5.41, 5.74) is 7.01. The molecule has 1 amide bonds. The molecular formula is C19H24N6O2S. The number of ether oxygens (including phenoxy) is 1. The molecule has 3 heterocycles. The zero-order chi connectivity index (χ0) is 19.3. The van der Waals surface area contributed by atoms with Gasteiger partial charge in [0.25, 0.3) is 5.91 Å². The average molecular weight is 401 g/mol. The Labute approximate surface area is 168 Å². The van der Waals surface area contributed by atoms with Crippen molar-refractivity contribution >= 4 is 34.0 Å².